The van der Waals surface area contributed by atoms with Crippen LogP contribution in [0.5, 0.6) is 0 Å². The van der Waals surface area contributed by atoms with Gasteiger partial charge in [-0.05, 0) is 19.8 Å². The van der Waals surface area contributed by atoms with Gasteiger partial charge in [0.15, 0.2) is 5.69 Å². The summed E-state index contributed by atoms with van der Waals surface area (Å²) in [6.07, 6.45) is 1.83. The van der Waals surface area contributed by atoms with E-state index in [1.165, 1.54) is 0 Å². The van der Waals surface area contributed by atoms with Crippen molar-refractivity contribution in [2.24, 2.45) is 0 Å². The molecule has 0 spiro atoms. The molecule has 0 amide bonds. The van der Waals surface area contributed by atoms with Crippen LogP contribution in [0.3, 0.4) is 0 Å². The lowest BCUT2D eigenvalue weighted by Crippen LogP contribution is -2.13. The van der Waals surface area contributed by atoms with Crippen molar-refractivity contribution in [1.82, 2.24) is 4.98 Å². The molecule has 0 saturated carbocycles. The summed E-state index contributed by atoms with van der Waals surface area (Å²) < 4.78 is 11.0. The van der Waals surface area contributed by atoms with Crippen molar-refractivity contribution in [2.75, 3.05) is 6.61 Å². The van der Waals surface area contributed by atoms with Gasteiger partial charge >= 0.3 is 5.97 Å². The molecule has 1 saturated heterocycles. The summed E-state index contributed by atoms with van der Waals surface area (Å²) in [7, 11) is 0. The molecular formula is C11H15NO4. The van der Waals surface area contributed by atoms with Gasteiger partial charge in [0.25, 0.3) is 0 Å². The van der Waals surface area contributed by atoms with Crippen molar-refractivity contribution < 1.29 is 19.1 Å². The Labute approximate surface area is 93.4 Å². The summed E-state index contributed by atoms with van der Waals surface area (Å²) in [6.45, 7) is 4.35. The van der Waals surface area contributed by atoms with Crippen LogP contribution < -0.4 is 0 Å². The summed E-state index contributed by atoms with van der Waals surface area (Å²) in [5, 5.41) is 8.89. The zero-order valence-corrected chi connectivity index (χ0v) is 9.40. The predicted molar refractivity (Wildman–Crippen MR) is 55.6 cm³/mol. The number of aromatic carboxylic acids is 1. The van der Waals surface area contributed by atoms with Crippen LogP contribution in [0.25, 0.3) is 0 Å². The van der Waals surface area contributed by atoms with Gasteiger partial charge < -0.3 is 14.3 Å². The summed E-state index contributed by atoms with van der Waals surface area (Å²) in [5.41, 5.74) is 0.0109. The zero-order valence-electron chi connectivity index (χ0n) is 9.40. The lowest BCUT2D eigenvalue weighted by atomic mass is 10.00. The molecule has 0 aromatic carbocycles. The number of aromatic nitrogens is 1. The molecule has 16 heavy (non-hydrogen) atoms. The van der Waals surface area contributed by atoms with E-state index in [1.807, 2.05) is 6.92 Å². The molecule has 0 radical (unpaired) electrons. The number of carboxylic acids is 1. The van der Waals surface area contributed by atoms with Crippen molar-refractivity contribution in [2.45, 2.75) is 38.7 Å². The Morgan fingerprint density at radius 2 is 2.38 bits per heavy atom. The van der Waals surface area contributed by atoms with Gasteiger partial charge in [0, 0.05) is 6.61 Å². The highest BCUT2D eigenvalue weighted by Crippen LogP contribution is 2.33. The molecule has 1 N–H and O–H groups in total. The number of aryl methyl sites for hydroxylation is 1. The lowest BCUT2D eigenvalue weighted by Gasteiger charge is -2.12. The number of rotatable bonds is 3. The van der Waals surface area contributed by atoms with E-state index in [-0.39, 0.29) is 17.7 Å². The molecule has 2 atom stereocenters. The Kier molecular flexibility index (Phi) is 2.96. The summed E-state index contributed by atoms with van der Waals surface area (Å²) in [5.74, 6) is -0.0835. The molecule has 1 aromatic rings. The number of hydrogen-bond donors (Lipinski definition) is 1. The standard InChI is InChI=1S/C11H15NO4/c1-3-8-7(4-5-15-8)10-12-9(11(13)14)6(2)16-10/h7-8H,3-5H2,1-2H3,(H,13,14). The lowest BCUT2D eigenvalue weighted by molar-refractivity contribution is 0.0689. The van der Waals surface area contributed by atoms with Crippen LogP contribution in [0.2, 0.25) is 0 Å². The molecule has 2 rings (SSSR count). The van der Waals surface area contributed by atoms with Crippen LogP contribution in [0.15, 0.2) is 4.42 Å². The third-order valence-electron chi connectivity index (χ3n) is 2.94. The molecule has 0 bridgehead atoms. The number of ether oxygens (including phenoxy) is 1. The third kappa shape index (κ3) is 1.82. The van der Waals surface area contributed by atoms with Gasteiger partial charge in [0.05, 0.1) is 12.0 Å². The molecular weight excluding hydrogens is 210 g/mol. The number of carboxylic acid groups (broad SMARTS) is 1. The first-order chi connectivity index (χ1) is 7.63. The van der Waals surface area contributed by atoms with Gasteiger partial charge in [0.1, 0.15) is 5.76 Å². The van der Waals surface area contributed by atoms with E-state index in [9.17, 15) is 4.79 Å². The first-order valence-electron chi connectivity index (χ1n) is 5.45. The minimum atomic E-state index is -1.04. The topological polar surface area (TPSA) is 72.6 Å². The van der Waals surface area contributed by atoms with Crippen LogP contribution in [-0.2, 0) is 4.74 Å². The Balaban J connectivity index is 2.27. The fourth-order valence-electron chi connectivity index (χ4n) is 2.11. The van der Waals surface area contributed by atoms with Crippen molar-refractivity contribution in [1.29, 1.82) is 0 Å². The molecule has 1 aromatic heterocycles. The molecule has 2 heterocycles. The molecule has 1 aliphatic rings. The Hall–Kier alpha value is -1.36. The molecule has 5 heteroatoms. The van der Waals surface area contributed by atoms with E-state index >= 15 is 0 Å². The van der Waals surface area contributed by atoms with Gasteiger partial charge in [0.2, 0.25) is 5.89 Å². The second kappa shape index (κ2) is 4.25. The van der Waals surface area contributed by atoms with E-state index in [4.69, 9.17) is 14.3 Å². The maximum Gasteiger partial charge on any atom is 0.358 e. The highest BCUT2D eigenvalue weighted by atomic mass is 16.5. The second-order valence-corrected chi connectivity index (χ2v) is 3.97. The fourth-order valence-corrected chi connectivity index (χ4v) is 2.11. The van der Waals surface area contributed by atoms with Crippen molar-refractivity contribution in [3.05, 3.63) is 17.3 Å². The maximum absolute atomic E-state index is 10.8. The highest BCUT2D eigenvalue weighted by molar-refractivity contribution is 5.86. The predicted octanol–water partition coefficient (Wildman–Crippen LogP) is 1.96. The highest BCUT2D eigenvalue weighted by Gasteiger charge is 2.33. The number of hydrogen-bond acceptors (Lipinski definition) is 4. The van der Waals surface area contributed by atoms with Crippen LogP contribution >= 0.6 is 0 Å². The largest absolute Gasteiger partial charge is 0.476 e. The SMILES string of the molecule is CCC1OCCC1c1nc(C(=O)O)c(C)o1. The van der Waals surface area contributed by atoms with Gasteiger partial charge in [-0.25, -0.2) is 9.78 Å². The van der Waals surface area contributed by atoms with Crippen LogP contribution in [0, 0.1) is 6.92 Å². The van der Waals surface area contributed by atoms with Crippen molar-refractivity contribution >= 4 is 5.97 Å². The molecule has 88 valence electrons. The minimum absolute atomic E-state index is 0.0109. The van der Waals surface area contributed by atoms with E-state index in [1.54, 1.807) is 6.92 Å². The van der Waals surface area contributed by atoms with Gasteiger partial charge in [-0.3, -0.25) is 0 Å². The third-order valence-corrected chi connectivity index (χ3v) is 2.94. The van der Waals surface area contributed by atoms with Gasteiger partial charge in [-0.15, -0.1) is 0 Å². The maximum atomic E-state index is 10.8. The zero-order chi connectivity index (χ0) is 11.7. The Bertz CT molecular complexity index is 399. The summed E-state index contributed by atoms with van der Waals surface area (Å²) >= 11 is 0. The average Bonchev–Trinajstić information content (AvgIpc) is 2.82. The van der Waals surface area contributed by atoms with E-state index in [2.05, 4.69) is 4.98 Å². The minimum Gasteiger partial charge on any atom is -0.476 e. The van der Waals surface area contributed by atoms with Crippen LogP contribution in [-0.4, -0.2) is 28.8 Å². The van der Waals surface area contributed by atoms with E-state index in [0.717, 1.165) is 12.8 Å². The molecule has 5 nitrogen and oxygen atoms in total. The summed E-state index contributed by atoms with van der Waals surface area (Å²) in [4.78, 5) is 14.9. The van der Waals surface area contributed by atoms with E-state index in [0.29, 0.717) is 18.3 Å². The first kappa shape index (κ1) is 11.1. The normalized spacial score (nSPS) is 24.9. The monoisotopic (exact) mass is 225 g/mol. The first-order valence-corrected chi connectivity index (χ1v) is 5.45. The molecule has 1 aliphatic heterocycles. The quantitative estimate of drug-likeness (QED) is 0.851. The fraction of sp³-hybridized carbons (Fsp3) is 0.636. The Morgan fingerprint density at radius 3 is 2.94 bits per heavy atom. The Morgan fingerprint density at radius 1 is 1.62 bits per heavy atom. The van der Waals surface area contributed by atoms with Gasteiger partial charge in [-0.2, -0.15) is 0 Å². The van der Waals surface area contributed by atoms with Gasteiger partial charge in [-0.1, -0.05) is 6.92 Å². The van der Waals surface area contributed by atoms with E-state index < -0.39 is 5.97 Å². The van der Waals surface area contributed by atoms with Crippen LogP contribution in [0.1, 0.15) is 47.8 Å². The molecule has 1 fully saturated rings. The number of carbonyl (C=O) groups is 1. The van der Waals surface area contributed by atoms with Crippen molar-refractivity contribution in [3.8, 4) is 0 Å². The molecule has 2 unspecified atom stereocenters. The van der Waals surface area contributed by atoms with Crippen molar-refractivity contribution in [3.63, 3.8) is 0 Å². The second-order valence-electron chi connectivity index (χ2n) is 3.97. The summed E-state index contributed by atoms with van der Waals surface area (Å²) in [6, 6.07) is 0. The van der Waals surface area contributed by atoms with Crippen LogP contribution in [0.4, 0.5) is 0 Å². The average molecular weight is 225 g/mol. The smallest absolute Gasteiger partial charge is 0.358 e. The number of oxazole rings is 1. The molecule has 0 aliphatic carbocycles. The number of nitrogens with zero attached hydrogens (tertiary/aromatic N) is 1.